The second kappa shape index (κ2) is 6.57. The number of ether oxygens (including phenoxy) is 1. The predicted molar refractivity (Wildman–Crippen MR) is 68.3 cm³/mol. The standard InChI is InChI=1S/C13H22N2O2/c1-5-8-15(13(16)11(2)3)14-9-6-7-12(14)10-17-4/h5,12H,1-2,6-10H2,3-4H3. The molecule has 0 bridgehead atoms. The smallest absolute Gasteiger partial charge is 0.263 e. The molecule has 1 aliphatic heterocycles. The van der Waals surface area contributed by atoms with Crippen LogP contribution in [0.3, 0.4) is 0 Å². The summed E-state index contributed by atoms with van der Waals surface area (Å²) in [5.74, 6) is -0.0343. The van der Waals surface area contributed by atoms with Crippen LogP contribution in [0.15, 0.2) is 24.8 Å². The quantitative estimate of drug-likeness (QED) is 0.520. The highest BCUT2D eigenvalue weighted by Gasteiger charge is 2.31. The van der Waals surface area contributed by atoms with Crippen LogP contribution in [0, 0.1) is 0 Å². The summed E-state index contributed by atoms with van der Waals surface area (Å²) in [5, 5.41) is 3.81. The molecule has 4 nitrogen and oxygen atoms in total. The molecule has 1 saturated heterocycles. The maximum Gasteiger partial charge on any atom is 0.263 e. The molecule has 1 fully saturated rings. The maximum absolute atomic E-state index is 12.1. The monoisotopic (exact) mass is 238 g/mol. The van der Waals surface area contributed by atoms with Gasteiger partial charge in [-0.15, -0.1) is 6.58 Å². The van der Waals surface area contributed by atoms with Crippen LogP contribution in [0.4, 0.5) is 0 Å². The lowest BCUT2D eigenvalue weighted by atomic mass is 10.2. The van der Waals surface area contributed by atoms with Gasteiger partial charge in [-0.05, 0) is 19.8 Å². The fraction of sp³-hybridized carbons (Fsp3) is 0.615. The number of carbonyl (C=O) groups excluding carboxylic acids is 1. The molecule has 0 spiro atoms. The lowest BCUT2D eigenvalue weighted by Crippen LogP contribution is -2.50. The Balaban J connectivity index is 2.78. The van der Waals surface area contributed by atoms with Gasteiger partial charge in [-0.2, -0.15) is 0 Å². The number of nitrogens with zero attached hydrogens (tertiary/aromatic N) is 2. The minimum absolute atomic E-state index is 0.0343. The van der Waals surface area contributed by atoms with E-state index >= 15 is 0 Å². The summed E-state index contributed by atoms with van der Waals surface area (Å²) >= 11 is 0. The van der Waals surface area contributed by atoms with Gasteiger partial charge in [0.15, 0.2) is 0 Å². The van der Waals surface area contributed by atoms with Crippen molar-refractivity contribution in [1.82, 2.24) is 10.0 Å². The van der Waals surface area contributed by atoms with Crippen molar-refractivity contribution in [2.45, 2.75) is 25.8 Å². The summed E-state index contributed by atoms with van der Waals surface area (Å²) in [4.78, 5) is 12.1. The van der Waals surface area contributed by atoms with Gasteiger partial charge >= 0.3 is 0 Å². The van der Waals surface area contributed by atoms with E-state index in [0.717, 1.165) is 19.4 Å². The van der Waals surface area contributed by atoms with E-state index in [1.54, 1.807) is 25.1 Å². The lowest BCUT2D eigenvalue weighted by molar-refractivity contribution is -0.146. The first kappa shape index (κ1) is 13.9. The van der Waals surface area contributed by atoms with Gasteiger partial charge in [-0.1, -0.05) is 12.7 Å². The Morgan fingerprint density at radius 3 is 2.88 bits per heavy atom. The maximum atomic E-state index is 12.1. The van der Waals surface area contributed by atoms with Gasteiger partial charge in [0.2, 0.25) is 0 Å². The van der Waals surface area contributed by atoms with Gasteiger partial charge in [0.25, 0.3) is 5.91 Å². The Bertz CT molecular complexity index is 302. The molecule has 0 N–H and O–H groups in total. The molecule has 4 heteroatoms. The molecule has 0 radical (unpaired) electrons. The fourth-order valence-corrected chi connectivity index (χ4v) is 2.15. The fourth-order valence-electron chi connectivity index (χ4n) is 2.15. The van der Waals surface area contributed by atoms with Crippen molar-refractivity contribution < 1.29 is 9.53 Å². The largest absolute Gasteiger partial charge is 0.383 e. The summed E-state index contributed by atoms with van der Waals surface area (Å²) in [5.41, 5.74) is 0.551. The van der Waals surface area contributed by atoms with Crippen LogP contribution >= 0.6 is 0 Å². The summed E-state index contributed by atoms with van der Waals surface area (Å²) in [6.07, 6.45) is 3.89. The van der Waals surface area contributed by atoms with Crippen LogP contribution in [0.25, 0.3) is 0 Å². The van der Waals surface area contributed by atoms with E-state index in [2.05, 4.69) is 18.2 Å². The van der Waals surface area contributed by atoms with E-state index in [4.69, 9.17) is 4.74 Å². The number of amides is 1. The second-order valence-corrected chi connectivity index (χ2v) is 4.37. The minimum Gasteiger partial charge on any atom is -0.383 e. The van der Waals surface area contributed by atoms with Gasteiger partial charge < -0.3 is 4.74 Å². The molecule has 0 aliphatic carbocycles. The van der Waals surface area contributed by atoms with Crippen molar-refractivity contribution in [1.29, 1.82) is 0 Å². The van der Waals surface area contributed by atoms with E-state index in [9.17, 15) is 4.79 Å². The van der Waals surface area contributed by atoms with Crippen molar-refractivity contribution in [2.24, 2.45) is 0 Å². The zero-order chi connectivity index (χ0) is 12.8. The predicted octanol–water partition coefficient (Wildman–Crippen LogP) is 1.60. The van der Waals surface area contributed by atoms with Crippen molar-refractivity contribution >= 4 is 5.91 Å². The highest BCUT2D eigenvalue weighted by Crippen LogP contribution is 2.21. The zero-order valence-corrected chi connectivity index (χ0v) is 10.8. The van der Waals surface area contributed by atoms with Crippen molar-refractivity contribution in [3.63, 3.8) is 0 Å². The van der Waals surface area contributed by atoms with Gasteiger partial charge in [-0.3, -0.25) is 9.80 Å². The van der Waals surface area contributed by atoms with E-state index in [-0.39, 0.29) is 11.9 Å². The molecule has 1 unspecified atom stereocenters. The molecule has 1 rings (SSSR count). The third-order valence-electron chi connectivity index (χ3n) is 2.92. The number of hydrogen-bond donors (Lipinski definition) is 0. The van der Waals surface area contributed by atoms with Crippen molar-refractivity contribution in [3.8, 4) is 0 Å². The molecule has 1 heterocycles. The van der Waals surface area contributed by atoms with Gasteiger partial charge in [0.05, 0.1) is 19.2 Å². The third kappa shape index (κ3) is 3.41. The van der Waals surface area contributed by atoms with E-state index in [1.165, 1.54) is 0 Å². The Hall–Kier alpha value is -1.13. The van der Waals surface area contributed by atoms with Crippen LogP contribution in [0.2, 0.25) is 0 Å². The first-order valence-corrected chi connectivity index (χ1v) is 5.95. The van der Waals surface area contributed by atoms with Gasteiger partial charge in [0.1, 0.15) is 0 Å². The molecule has 1 amide bonds. The minimum atomic E-state index is -0.0343. The molecular formula is C13H22N2O2. The van der Waals surface area contributed by atoms with E-state index in [1.807, 2.05) is 0 Å². The Morgan fingerprint density at radius 1 is 1.65 bits per heavy atom. The summed E-state index contributed by atoms with van der Waals surface area (Å²) in [6.45, 7) is 11.2. The van der Waals surface area contributed by atoms with Crippen LogP contribution in [-0.4, -0.2) is 48.8 Å². The summed E-state index contributed by atoms with van der Waals surface area (Å²) in [7, 11) is 1.69. The normalized spacial score (nSPS) is 20.2. The molecular weight excluding hydrogens is 216 g/mol. The molecule has 0 aromatic rings. The number of carbonyl (C=O) groups is 1. The van der Waals surface area contributed by atoms with Crippen molar-refractivity contribution in [2.75, 3.05) is 26.8 Å². The Kier molecular flexibility index (Phi) is 5.38. The zero-order valence-electron chi connectivity index (χ0n) is 10.8. The second-order valence-electron chi connectivity index (χ2n) is 4.37. The molecule has 1 atom stereocenters. The van der Waals surface area contributed by atoms with Gasteiger partial charge in [-0.25, -0.2) is 5.01 Å². The number of rotatable bonds is 6. The number of methoxy groups -OCH3 is 1. The molecule has 0 saturated carbocycles. The topological polar surface area (TPSA) is 32.8 Å². The average Bonchev–Trinajstić information content (AvgIpc) is 2.73. The molecule has 0 aromatic carbocycles. The Labute approximate surface area is 103 Å². The van der Waals surface area contributed by atoms with Crippen molar-refractivity contribution in [3.05, 3.63) is 24.8 Å². The SMILES string of the molecule is C=CCN(C(=O)C(=C)C)N1CCCC1COC. The number of hydrazine groups is 1. The first-order chi connectivity index (χ1) is 8.11. The van der Waals surface area contributed by atoms with Crippen LogP contribution in [0.5, 0.6) is 0 Å². The Morgan fingerprint density at radius 2 is 2.35 bits per heavy atom. The lowest BCUT2D eigenvalue weighted by Gasteiger charge is -2.35. The molecule has 17 heavy (non-hydrogen) atoms. The first-order valence-electron chi connectivity index (χ1n) is 5.95. The van der Waals surface area contributed by atoms with Gasteiger partial charge in [0, 0.05) is 19.2 Å². The average molecular weight is 238 g/mol. The molecule has 96 valence electrons. The molecule has 1 aliphatic rings. The van der Waals surface area contributed by atoms with E-state index < -0.39 is 0 Å². The van der Waals surface area contributed by atoms with Crippen LogP contribution < -0.4 is 0 Å². The highest BCUT2D eigenvalue weighted by molar-refractivity contribution is 5.91. The van der Waals surface area contributed by atoms with E-state index in [0.29, 0.717) is 18.7 Å². The summed E-state index contributed by atoms with van der Waals surface area (Å²) in [6, 6.07) is 0.281. The molecule has 0 aromatic heterocycles. The highest BCUT2D eigenvalue weighted by atomic mass is 16.5. The number of hydrogen-bond acceptors (Lipinski definition) is 3. The van der Waals surface area contributed by atoms with Crippen LogP contribution in [-0.2, 0) is 9.53 Å². The van der Waals surface area contributed by atoms with Crippen LogP contribution in [0.1, 0.15) is 19.8 Å². The third-order valence-corrected chi connectivity index (χ3v) is 2.92. The summed E-state index contributed by atoms with van der Waals surface area (Å²) < 4.78 is 5.20.